The van der Waals surface area contributed by atoms with Crippen molar-refractivity contribution in [2.75, 3.05) is 13.1 Å². The molecule has 0 heterocycles. The first-order chi connectivity index (χ1) is 12.4. The molecule has 0 aliphatic heterocycles. The van der Waals surface area contributed by atoms with E-state index in [4.69, 9.17) is 42.6 Å². The average Bonchev–Trinajstić information content (AvgIpc) is 2.59. The van der Waals surface area contributed by atoms with E-state index in [0.29, 0.717) is 23.1 Å². The van der Waals surface area contributed by atoms with Gasteiger partial charge in [0.05, 0.1) is 0 Å². The first-order valence-corrected chi connectivity index (χ1v) is 16.6. The summed E-state index contributed by atoms with van der Waals surface area (Å²) in [5.41, 5.74) is 1.84. The van der Waals surface area contributed by atoms with Crippen LogP contribution < -0.4 is 0 Å². The van der Waals surface area contributed by atoms with Crippen molar-refractivity contribution in [1.82, 2.24) is 0 Å². The van der Waals surface area contributed by atoms with Crippen LogP contribution in [0.15, 0.2) is 58.5 Å². The number of aliphatic imine (C=N–C) groups is 2. The molecule has 0 radical (unpaired) electrons. The van der Waals surface area contributed by atoms with Crippen LogP contribution in [0.5, 0.6) is 0 Å². The van der Waals surface area contributed by atoms with Gasteiger partial charge in [-0.05, 0) is 12.1 Å². The minimum atomic E-state index is -0.931. The number of hydrogen-bond donors (Lipinski definition) is 0. The summed E-state index contributed by atoms with van der Waals surface area (Å²) >= 11 is 11.3. The number of rotatable bonds is 6. The van der Waals surface area contributed by atoms with Gasteiger partial charge in [-0.25, -0.2) is 0 Å². The summed E-state index contributed by atoms with van der Waals surface area (Å²) in [6.45, 7) is 5.64. The maximum absolute atomic E-state index is 6.11. The van der Waals surface area contributed by atoms with Crippen molar-refractivity contribution in [3.63, 3.8) is 0 Å². The molecule has 2 nitrogen and oxygen atoms in total. The average molecular weight is 484 g/mol. The van der Waals surface area contributed by atoms with E-state index >= 15 is 0 Å². The SMILES string of the molecule is CC(C)(CN=Cc1ccccc1Cl)CN=Cc1ccccc1Cl.[Cl][Zn][Cl]. The van der Waals surface area contributed by atoms with Gasteiger partial charge < -0.3 is 0 Å². The van der Waals surface area contributed by atoms with Crippen LogP contribution in [-0.2, 0) is 15.1 Å². The summed E-state index contributed by atoms with van der Waals surface area (Å²) in [6.07, 6.45) is 3.64. The van der Waals surface area contributed by atoms with Crippen molar-refractivity contribution in [3.8, 4) is 0 Å². The standard InChI is InChI=1S/C19H20Cl2N2.2ClH.Zn/c1-19(2,13-22-11-15-7-3-5-9-17(15)20)14-23-12-16-8-4-6-10-18(16)21;;;/h3-12H,13-14H2,1-2H3;2*1H;/q;;;+2/p-2. The number of benzene rings is 2. The molecule has 2 rings (SSSR count). The topological polar surface area (TPSA) is 24.7 Å². The van der Waals surface area contributed by atoms with E-state index in [-0.39, 0.29) is 5.41 Å². The number of hydrogen-bond acceptors (Lipinski definition) is 2. The Morgan fingerprint density at radius 2 is 1.15 bits per heavy atom. The predicted octanol–water partition coefficient (Wildman–Crippen LogP) is 6.93. The van der Waals surface area contributed by atoms with Crippen molar-refractivity contribution in [3.05, 3.63) is 69.7 Å². The summed E-state index contributed by atoms with van der Waals surface area (Å²) in [6, 6.07) is 15.4. The van der Waals surface area contributed by atoms with Crippen LogP contribution in [0.1, 0.15) is 25.0 Å². The Kier molecular flexibility index (Phi) is 11.7. The number of halogens is 4. The zero-order valence-electron chi connectivity index (χ0n) is 14.8. The predicted molar refractivity (Wildman–Crippen MR) is 113 cm³/mol. The van der Waals surface area contributed by atoms with E-state index in [9.17, 15) is 0 Å². The molecule has 0 spiro atoms. The molecule has 0 fully saturated rings. The summed E-state index contributed by atoms with van der Waals surface area (Å²) in [7, 11) is 9.90. The van der Waals surface area contributed by atoms with Crippen LogP contribution in [0.2, 0.25) is 10.0 Å². The van der Waals surface area contributed by atoms with Crippen LogP contribution in [0.4, 0.5) is 0 Å². The summed E-state index contributed by atoms with van der Waals surface area (Å²) in [5, 5.41) is 1.43. The molecule has 0 atom stereocenters. The first kappa shape index (κ1) is 23.6. The van der Waals surface area contributed by atoms with Gasteiger partial charge in [0.1, 0.15) is 0 Å². The van der Waals surface area contributed by atoms with Gasteiger partial charge in [-0.15, -0.1) is 0 Å². The van der Waals surface area contributed by atoms with Gasteiger partial charge in [0.25, 0.3) is 0 Å². The monoisotopic (exact) mass is 480 g/mol. The molecule has 0 N–H and O–H groups in total. The van der Waals surface area contributed by atoms with Gasteiger partial charge in [0.15, 0.2) is 0 Å². The zero-order valence-corrected chi connectivity index (χ0v) is 20.8. The second-order valence-electron chi connectivity index (χ2n) is 6.25. The molecule has 136 valence electrons. The summed E-state index contributed by atoms with van der Waals surface area (Å²) in [5.74, 6) is 0. The number of nitrogens with zero attached hydrogens (tertiary/aromatic N) is 2. The Hall–Kier alpha value is -0.437. The van der Waals surface area contributed by atoms with E-state index in [2.05, 4.69) is 23.8 Å². The van der Waals surface area contributed by atoms with Gasteiger partial charge in [-0.3, -0.25) is 9.98 Å². The van der Waals surface area contributed by atoms with Gasteiger partial charge in [0, 0.05) is 52.1 Å². The molecular weight excluding hydrogens is 463 g/mol. The third kappa shape index (κ3) is 9.49. The summed E-state index contributed by atoms with van der Waals surface area (Å²) in [4.78, 5) is 9.02. The van der Waals surface area contributed by atoms with Crippen molar-refractivity contribution < 1.29 is 15.1 Å². The van der Waals surface area contributed by atoms with Crippen LogP contribution >= 0.6 is 42.6 Å². The molecule has 0 bridgehead atoms. The summed E-state index contributed by atoms with van der Waals surface area (Å²) < 4.78 is 0. The zero-order chi connectivity index (χ0) is 19.4. The fourth-order valence-electron chi connectivity index (χ4n) is 1.99. The normalized spacial score (nSPS) is 11.3. The Morgan fingerprint density at radius 3 is 1.50 bits per heavy atom. The molecule has 0 aliphatic rings. The second kappa shape index (κ2) is 12.9. The third-order valence-corrected chi connectivity index (χ3v) is 4.00. The van der Waals surface area contributed by atoms with Crippen molar-refractivity contribution >= 4 is 55.0 Å². The fourth-order valence-corrected chi connectivity index (χ4v) is 2.36. The Balaban J connectivity index is 0.00000105. The van der Waals surface area contributed by atoms with Gasteiger partial charge in [0.2, 0.25) is 0 Å². The molecule has 2 aromatic rings. The van der Waals surface area contributed by atoms with Crippen molar-refractivity contribution in [2.24, 2.45) is 15.4 Å². The molecule has 0 amide bonds. The van der Waals surface area contributed by atoms with E-state index < -0.39 is 15.1 Å². The van der Waals surface area contributed by atoms with Crippen LogP contribution in [-0.4, -0.2) is 25.5 Å². The van der Waals surface area contributed by atoms with Crippen molar-refractivity contribution in [2.45, 2.75) is 13.8 Å². The minimum absolute atomic E-state index is 0.0322. The van der Waals surface area contributed by atoms with Gasteiger partial charge >= 0.3 is 34.5 Å². The van der Waals surface area contributed by atoms with Crippen molar-refractivity contribution in [1.29, 1.82) is 0 Å². The van der Waals surface area contributed by atoms with Crippen LogP contribution in [0.25, 0.3) is 0 Å². The molecule has 0 aromatic heterocycles. The molecule has 0 unspecified atom stereocenters. The Morgan fingerprint density at radius 1 is 0.808 bits per heavy atom. The van der Waals surface area contributed by atoms with Gasteiger partial charge in [-0.2, -0.15) is 0 Å². The van der Waals surface area contributed by atoms with Crippen LogP contribution in [0.3, 0.4) is 0 Å². The van der Waals surface area contributed by atoms with E-state index in [1.807, 2.05) is 61.0 Å². The molecule has 0 saturated heterocycles. The fraction of sp³-hybridized carbons (Fsp3) is 0.263. The van der Waals surface area contributed by atoms with Crippen LogP contribution in [0, 0.1) is 5.41 Å². The Bertz CT molecular complexity index is 673. The molecule has 0 aliphatic carbocycles. The quantitative estimate of drug-likeness (QED) is 0.314. The molecular formula is C19H20Cl4N2Zn. The molecule has 0 saturated carbocycles. The third-order valence-electron chi connectivity index (χ3n) is 3.31. The van der Waals surface area contributed by atoms with E-state index in [1.165, 1.54) is 0 Å². The Labute approximate surface area is 181 Å². The second-order valence-corrected chi connectivity index (χ2v) is 11.7. The molecule has 2 aromatic carbocycles. The first-order valence-electron chi connectivity index (χ1n) is 8.00. The van der Waals surface area contributed by atoms with E-state index in [0.717, 1.165) is 11.1 Å². The maximum atomic E-state index is 6.11. The molecule has 7 heteroatoms. The van der Waals surface area contributed by atoms with E-state index in [1.54, 1.807) is 0 Å². The van der Waals surface area contributed by atoms with Gasteiger partial charge in [-0.1, -0.05) is 73.4 Å². The molecule has 26 heavy (non-hydrogen) atoms.